The normalized spacial score (nSPS) is 10.1. The van der Waals surface area contributed by atoms with Crippen LogP contribution >= 0.6 is 11.8 Å². The Bertz CT molecular complexity index is 629. The van der Waals surface area contributed by atoms with Gasteiger partial charge < -0.3 is 11.1 Å². The number of carbonyl (C=O) groups excluding carboxylic acids is 2. The van der Waals surface area contributed by atoms with Gasteiger partial charge in [0.15, 0.2) is 0 Å². The molecule has 0 heterocycles. The standard InChI is InChI=1S/C16H16N2O2S/c17-16(20)13-8-4-5-9-14(13)18-15(19)10-11-21-12-6-2-1-3-7-12/h1-9H,10-11H2,(H2,17,20)(H,18,19). The summed E-state index contributed by atoms with van der Waals surface area (Å²) in [7, 11) is 0. The first kappa shape index (κ1) is 15.1. The van der Waals surface area contributed by atoms with Crippen LogP contribution in [0.15, 0.2) is 59.5 Å². The summed E-state index contributed by atoms with van der Waals surface area (Å²) in [6, 6.07) is 16.6. The molecule has 0 atom stereocenters. The molecule has 5 heteroatoms. The fourth-order valence-electron chi connectivity index (χ4n) is 1.80. The van der Waals surface area contributed by atoms with E-state index in [0.717, 1.165) is 4.90 Å². The highest BCUT2D eigenvalue weighted by molar-refractivity contribution is 7.99. The summed E-state index contributed by atoms with van der Waals surface area (Å²) in [5.41, 5.74) is 6.05. The number of amides is 2. The van der Waals surface area contributed by atoms with Gasteiger partial charge in [-0.25, -0.2) is 0 Å². The monoisotopic (exact) mass is 300 g/mol. The van der Waals surface area contributed by atoms with Crippen molar-refractivity contribution in [2.75, 3.05) is 11.1 Å². The first-order chi connectivity index (χ1) is 10.2. The molecule has 0 aromatic heterocycles. The zero-order chi connectivity index (χ0) is 15.1. The number of primary amides is 1. The van der Waals surface area contributed by atoms with E-state index in [-0.39, 0.29) is 5.91 Å². The molecule has 0 aliphatic heterocycles. The van der Waals surface area contributed by atoms with E-state index in [1.165, 1.54) is 0 Å². The summed E-state index contributed by atoms with van der Waals surface area (Å²) >= 11 is 1.62. The summed E-state index contributed by atoms with van der Waals surface area (Å²) in [6.45, 7) is 0. The molecule has 0 aliphatic carbocycles. The van der Waals surface area contributed by atoms with Crippen molar-refractivity contribution in [1.29, 1.82) is 0 Å². The third-order valence-corrected chi connectivity index (χ3v) is 3.82. The van der Waals surface area contributed by atoms with Gasteiger partial charge in [0.25, 0.3) is 5.91 Å². The molecule has 0 saturated heterocycles. The third kappa shape index (κ3) is 4.65. The molecule has 2 rings (SSSR count). The van der Waals surface area contributed by atoms with Crippen molar-refractivity contribution >= 4 is 29.3 Å². The van der Waals surface area contributed by atoms with Gasteiger partial charge in [0, 0.05) is 17.1 Å². The molecule has 0 radical (unpaired) electrons. The summed E-state index contributed by atoms with van der Waals surface area (Å²) in [4.78, 5) is 24.3. The van der Waals surface area contributed by atoms with Crippen LogP contribution in [-0.2, 0) is 4.79 Å². The van der Waals surface area contributed by atoms with Gasteiger partial charge in [-0.2, -0.15) is 0 Å². The van der Waals surface area contributed by atoms with Crippen LogP contribution in [0.5, 0.6) is 0 Å². The van der Waals surface area contributed by atoms with Gasteiger partial charge >= 0.3 is 0 Å². The molecule has 3 N–H and O–H groups in total. The van der Waals surface area contributed by atoms with Crippen LogP contribution in [0, 0.1) is 0 Å². The number of para-hydroxylation sites is 1. The van der Waals surface area contributed by atoms with Crippen molar-refractivity contribution in [2.24, 2.45) is 5.73 Å². The highest BCUT2D eigenvalue weighted by atomic mass is 32.2. The third-order valence-electron chi connectivity index (χ3n) is 2.81. The Morgan fingerprint density at radius 1 is 1.00 bits per heavy atom. The highest BCUT2D eigenvalue weighted by Gasteiger charge is 2.10. The molecule has 0 unspecified atom stereocenters. The maximum absolute atomic E-state index is 11.9. The van der Waals surface area contributed by atoms with Crippen LogP contribution in [0.4, 0.5) is 5.69 Å². The smallest absolute Gasteiger partial charge is 0.250 e. The predicted molar refractivity (Wildman–Crippen MR) is 85.4 cm³/mol. The largest absolute Gasteiger partial charge is 0.366 e. The maximum atomic E-state index is 11.9. The zero-order valence-corrected chi connectivity index (χ0v) is 12.2. The number of nitrogens with two attached hydrogens (primary N) is 1. The minimum Gasteiger partial charge on any atom is -0.366 e. The molecular formula is C16H16N2O2S. The Morgan fingerprint density at radius 3 is 2.38 bits per heavy atom. The summed E-state index contributed by atoms with van der Waals surface area (Å²) in [5.74, 6) is -0.00844. The minimum atomic E-state index is -0.551. The summed E-state index contributed by atoms with van der Waals surface area (Å²) in [6.07, 6.45) is 0.368. The van der Waals surface area contributed by atoms with Gasteiger partial charge in [0.1, 0.15) is 0 Å². The van der Waals surface area contributed by atoms with Gasteiger partial charge in [-0.3, -0.25) is 9.59 Å². The number of benzene rings is 2. The van der Waals surface area contributed by atoms with Crippen LogP contribution < -0.4 is 11.1 Å². The highest BCUT2D eigenvalue weighted by Crippen LogP contribution is 2.19. The molecule has 21 heavy (non-hydrogen) atoms. The summed E-state index contributed by atoms with van der Waals surface area (Å²) < 4.78 is 0. The number of hydrogen-bond donors (Lipinski definition) is 2. The molecule has 0 saturated carbocycles. The van der Waals surface area contributed by atoms with Gasteiger partial charge in [-0.1, -0.05) is 30.3 Å². The topological polar surface area (TPSA) is 72.2 Å². The number of rotatable bonds is 6. The van der Waals surface area contributed by atoms with E-state index in [9.17, 15) is 9.59 Å². The Morgan fingerprint density at radius 2 is 1.67 bits per heavy atom. The first-order valence-corrected chi connectivity index (χ1v) is 7.52. The lowest BCUT2D eigenvalue weighted by Crippen LogP contribution is -2.18. The van der Waals surface area contributed by atoms with Gasteiger partial charge in [0.2, 0.25) is 5.91 Å². The Hall–Kier alpha value is -2.27. The minimum absolute atomic E-state index is 0.132. The van der Waals surface area contributed by atoms with Crippen LogP contribution in [-0.4, -0.2) is 17.6 Å². The van der Waals surface area contributed by atoms with Crippen molar-refractivity contribution in [3.05, 3.63) is 60.2 Å². The second-order valence-corrected chi connectivity index (χ2v) is 5.54. The Balaban J connectivity index is 1.86. The van der Waals surface area contributed by atoms with E-state index in [1.54, 1.807) is 36.0 Å². The van der Waals surface area contributed by atoms with Gasteiger partial charge in [0.05, 0.1) is 11.3 Å². The molecule has 2 amide bonds. The molecule has 2 aromatic carbocycles. The van der Waals surface area contributed by atoms with E-state index in [0.29, 0.717) is 23.4 Å². The molecule has 0 fully saturated rings. The molecule has 0 aliphatic rings. The predicted octanol–water partition coefficient (Wildman–Crippen LogP) is 2.91. The molecule has 0 spiro atoms. The fourth-order valence-corrected chi connectivity index (χ4v) is 2.67. The Kier molecular flexibility index (Phi) is 5.40. The number of thioether (sulfide) groups is 1. The van der Waals surface area contributed by atoms with Crippen molar-refractivity contribution < 1.29 is 9.59 Å². The Labute approximate surface area is 127 Å². The zero-order valence-electron chi connectivity index (χ0n) is 11.4. The van der Waals surface area contributed by atoms with Crippen LogP contribution in [0.2, 0.25) is 0 Å². The molecule has 4 nitrogen and oxygen atoms in total. The van der Waals surface area contributed by atoms with E-state index in [2.05, 4.69) is 5.32 Å². The molecule has 0 bridgehead atoms. The number of hydrogen-bond acceptors (Lipinski definition) is 3. The number of carbonyl (C=O) groups is 2. The van der Waals surface area contributed by atoms with E-state index < -0.39 is 5.91 Å². The van der Waals surface area contributed by atoms with Gasteiger partial charge in [-0.15, -0.1) is 11.8 Å². The number of nitrogens with one attached hydrogen (secondary N) is 1. The lowest BCUT2D eigenvalue weighted by Gasteiger charge is -2.08. The van der Waals surface area contributed by atoms with Crippen molar-refractivity contribution in [1.82, 2.24) is 0 Å². The molecule has 2 aromatic rings. The fraction of sp³-hybridized carbons (Fsp3) is 0.125. The van der Waals surface area contributed by atoms with Crippen molar-refractivity contribution in [2.45, 2.75) is 11.3 Å². The average molecular weight is 300 g/mol. The first-order valence-electron chi connectivity index (χ1n) is 6.53. The summed E-state index contributed by atoms with van der Waals surface area (Å²) in [5, 5.41) is 2.73. The van der Waals surface area contributed by atoms with Gasteiger partial charge in [-0.05, 0) is 24.3 Å². The van der Waals surface area contributed by atoms with E-state index >= 15 is 0 Å². The molecule has 108 valence electrons. The number of anilines is 1. The average Bonchev–Trinajstić information content (AvgIpc) is 2.48. The quantitative estimate of drug-likeness (QED) is 0.806. The molecular weight excluding hydrogens is 284 g/mol. The van der Waals surface area contributed by atoms with Crippen molar-refractivity contribution in [3.8, 4) is 0 Å². The maximum Gasteiger partial charge on any atom is 0.250 e. The lowest BCUT2D eigenvalue weighted by atomic mass is 10.1. The van der Waals surface area contributed by atoms with Crippen LogP contribution in [0.25, 0.3) is 0 Å². The lowest BCUT2D eigenvalue weighted by molar-refractivity contribution is -0.115. The van der Waals surface area contributed by atoms with Crippen molar-refractivity contribution in [3.63, 3.8) is 0 Å². The van der Waals surface area contributed by atoms with Crippen LogP contribution in [0.3, 0.4) is 0 Å². The second kappa shape index (κ2) is 7.50. The van der Waals surface area contributed by atoms with E-state index in [1.807, 2.05) is 30.3 Å². The van der Waals surface area contributed by atoms with E-state index in [4.69, 9.17) is 5.73 Å². The second-order valence-electron chi connectivity index (χ2n) is 4.37. The van der Waals surface area contributed by atoms with Crippen LogP contribution in [0.1, 0.15) is 16.8 Å². The SMILES string of the molecule is NC(=O)c1ccccc1NC(=O)CCSc1ccccc1.